The molecule has 4 heterocycles. The van der Waals surface area contributed by atoms with E-state index in [1.807, 2.05) is 6.07 Å². The van der Waals surface area contributed by atoms with Gasteiger partial charge in [-0.25, -0.2) is 9.78 Å². The van der Waals surface area contributed by atoms with Crippen LogP contribution in [0.25, 0.3) is 11.7 Å². The number of aromatic amines is 2. The zero-order chi connectivity index (χ0) is 25.5. The molecular weight excluding hydrogens is 474 g/mol. The van der Waals surface area contributed by atoms with Crippen LogP contribution in [0.4, 0.5) is 5.82 Å². The van der Waals surface area contributed by atoms with Crippen LogP contribution >= 0.6 is 0 Å². The van der Waals surface area contributed by atoms with Crippen molar-refractivity contribution in [3.8, 4) is 11.9 Å². The van der Waals surface area contributed by atoms with Crippen molar-refractivity contribution in [3.63, 3.8) is 0 Å². The first-order valence-electron chi connectivity index (χ1n) is 12.0. The van der Waals surface area contributed by atoms with E-state index < -0.39 is 5.69 Å². The molecule has 0 radical (unpaired) electrons. The number of piperazine rings is 1. The number of nitrogens with one attached hydrogen (secondary N) is 2. The van der Waals surface area contributed by atoms with E-state index in [1.54, 1.807) is 46.0 Å². The molecule has 37 heavy (non-hydrogen) atoms. The lowest BCUT2D eigenvalue weighted by Crippen LogP contribution is -2.49. The molecule has 3 N–H and O–H groups in total. The lowest BCUT2D eigenvalue weighted by molar-refractivity contribution is 0.0746. The minimum Gasteiger partial charge on any atom is -0.493 e. The standard InChI is InChI=1S/C25H23N9O3/c26-13-15-2-1-3-16(10-15)24(36)33-8-6-32(7-9-33)20-12-21(28-18-4-5-18)34-22(30-20)17(14-27-34)11-19-23(35)31-25(37)29-19/h1-3,10-12,14,18,35H,4-9H2,(H2,29,31,37). The predicted molar refractivity (Wildman–Crippen MR) is 133 cm³/mol. The van der Waals surface area contributed by atoms with Crippen LogP contribution in [0.2, 0.25) is 0 Å². The fraction of sp³-hybridized carbons (Fsp3) is 0.280. The van der Waals surface area contributed by atoms with Crippen molar-refractivity contribution < 1.29 is 9.90 Å². The number of amides is 1. The molecule has 0 bridgehead atoms. The Kier molecular flexibility index (Phi) is 5.45. The number of fused-ring (bicyclic) bond motifs is 1. The monoisotopic (exact) mass is 497 g/mol. The molecule has 0 atom stereocenters. The highest BCUT2D eigenvalue weighted by Crippen LogP contribution is 2.23. The Hall–Kier alpha value is -4.92. The van der Waals surface area contributed by atoms with Crippen LogP contribution in [-0.4, -0.2) is 72.7 Å². The fourth-order valence-corrected chi connectivity index (χ4v) is 4.39. The number of H-pyrrole nitrogens is 2. The van der Waals surface area contributed by atoms with Gasteiger partial charge in [-0.3, -0.25) is 14.8 Å². The molecule has 6 rings (SSSR count). The second kappa shape index (κ2) is 8.94. The number of nitrogens with zero attached hydrogens (tertiary/aromatic N) is 7. The summed E-state index contributed by atoms with van der Waals surface area (Å²) in [5.74, 6) is 0.356. The van der Waals surface area contributed by atoms with Gasteiger partial charge in [-0.05, 0) is 37.1 Å². The summed E-state index contributed by atoms with van der Waals surface area (Å²) in [6, 6.07) is 11.0. The van der Waals surface area contributed by atoms with Crippen LogP contribution in [-0.2, 0) is 0 Å². The lowest BCUT2D eigenvalue weighted by Gasteiger charge is -2.35. The van der Waals surface area contributed by atoms with Crippen molar-refractivity contribution >= 4 is 23.4 Å². The number of carbonyl (C=O) groups is 1. The van der Waals surface area contributed by atoms with Gasteiger partial charge in [0.1, 0.15) is 11.5 Å². The van der Waals surface area contributed by atoms with Crippen LogP contribution in [0, 0.1) is 11.3 Å². The van der Waals surface area contributed by atoms with Crippen molar-refractivity contribution in [2.45, 2.75) is 18.9 Å². The van der Waals surface area contributed by atoms with Crippen molar-refractivity contribution in [1.82, 2.24) is 29.5 Å². The van der Waals surface area contributed by atoms with Gasteiger partial charge in [-0.1, -0.05) is 6.07 Å². The van der Waals surface area contributed by atoms with Crippen LogP contribution in [0.15, 0.2) is 46.3 Å². The quantitative estimate of drug-likeness (QED) is 0.355. The number of imidazole rings is 1. The molecule has 1 saturated carbocycles. The lowest BCUT2D eigenvalue weighted by atomic mass is 10.1. The summed E-state index contributed by atoms with van der Waals surface area (Å²) in [5.41, 5.74) is 1.92. The van der Waals surface area contributed by atoms with Crippen molar-refractivity contribution in [2.24, 2.45) is 4.99 Å². The summed E-state index contributed by atoms with van der Waals surface area (Å²) in [4.78, 5) is 42.9. The average Bonchev–Trinajstić information content (AvgIpc) is 3.56. The highest BCUT2D eigenvalue weighted by atomic mass is 16.3. The molecule has 12 nitrogen and oxygen atoms in total. The van der Waals surface area contributed by atoms with Crippen LogP contribution in [0.1, 0.15) is 34.5 Å². The van der Waals surface area contributed by atoms with Crippen LogP contribution < -0.4 is 21.3 Å². The van der Waals surface area contributed by atoms with Crippen molar-refractivity contribution in [1.29, 1.82) is 5.26 Å². The number of rotatable bonds is 4. The minimum absolute atomic E-state index is 0.0995. The Morgan fingerprint density at radius 3 is 2.70 bits per heavy atom. The molecule has 2 aliphatic rings. The number of benzene rings is 1. The second-order valence-corrected chi connectivity index (χ2v) is 9.13. The minimum atomic E-state index is -0.509. The summed E-state index contributed by atoms with van der Waals surface area (Å²) in [6.45, 7) is 2.17. The third-order valence-corrected chi connectivity index (χ3v) is 6.49. The van der Waals surface area contributed by atoms with Crippen molar-refractivity contribution in [3.05, 3.63) is 74.5 Å². The summed E-state index contributed by atoms with van der Waals surface area (Å²) >= 11 is 0. The number of carbonyl (C=O) groups excluding carboxylic acids is 1. The summed E-state index contributed by atoms with van der Waals surface area (Å²) < 4.78 is 1.66. The highest BCUT2D eigenvalue weighted by molar-refractivity contribution is 5.94. The summed E-state index contributed by atoms with van der Waals surface area (Å²) in [7, 11) is 0. The van der Waals surface area contributed by atoms with Gasteiger partial charge in [0.2, 0.25) is 5.88 Å². The van der Waals surface area contributed by atoms with Crippen molar-refractivity contribution in [2.75, 3.05) is 31.1 Å². The van der Waals surface area contributed by atoms with E-state index in [0.29, 0.717) is 59.5 Å². The molecule has 12 heteroatoms. The maximum absolute atomic E-state index is 13.0. The van der Waals surface area contributed by atoms with E-state index in [2.05, 4.69) is 26.0 Å². The maximum Gasteiger partial charge on any atom is 0.326 e. The van der Waals surface area contributed by atoms with Gasteiger partial charge in [-0.15, -0.1) is 0 Å². The smallest absolute Gasteiger partial charge is 0.326 e. The number of nitriles is 1. The highest BCUT2D eigenvalue weighted by Gasteiger charge is 2.25. The number of aromatic hydroxyl groups is 1. The molecule has 1 amide bonds. The number of hydrogen-bond donors (Lipinski definition) is 3. The molecule has 1 saturated heterocycles. The average molecular weight is 498 g/mol. The first kappa shape index (κ1) is 22.5. The zero-order valence-corrected chi connectivity index (χ0v) is 19.8. The fourth-order valence-electron chi connectivity index (χ4n) is 4.39. The largest absolute Gasteiger partial charge is 0.493 e. The van der Waals surface area contributed by atoms with E-state index in [0.717, 1.165) is 12.8 Å². The Labute approximate surface area is 209 Å². The first-order chi connectivity index (χ1) is 18.0. The van der Waals surface area contributed by atoms with Gasteiger partial charge in [0, 0.05) is 43.0 Å². The number of hydrogen-bond acceptors (Lipinski definition) is 8. The van der Waals surface area contributed by atoms with E-state index in [4.69, 9.17) is 15.2 Å². The molecular formula is C25H23N9O3. The second-order valence-electron chi connectivity index (χ2n) is 9.13. The molecule has 2 fully saturated rings. The predicted octanol–water partition coefficient (Wildman–Crippen LogP) is -0.104. The van der Waals surface area contributed by atoms with Gasteiger partial charge >= 0.3 is 5.69 Å². The van der Waals surface area contributed by atoms with Crippen LogP contribution in [0.5, 0.6) is 5.88 Å². The molecule has 4 aromatic rings. The Balaban J connectivity index is 1.31. The van der Waals surface area contributed by atoms with Gasteiger partial charge in [-0.2, -0.15) is 14.9 Å². The maximum atomic E-state index is 13.0. The van der Waals surface area contributed by atoms with E-state index in [1.165, 1.54) is 0 Å². The molecule has 1 aromatic carbocycles. The van der Waals surface area contributed by atoms with Gasteiger partial charge in [0.05, 0.1) is 23.9 Å². The van der Waals surface area contributed by atoms with Gasteiger partial charge in [0.15, 0.2) is 11.1 Å². The SMILES string of the molecule is N#Cc1cccc(C(=O)N2CCN(c3cc(=NC4CC4)n4ncc(=Cc5[nH]c(=O)[nH]c5O)c4n3)CC2)c1. The molecule has 1 aliphatic carbocycles. The van der Waals surface area contributed by atoms with Crippen LogP contribution in [0.3, 0.4) is 0 Å². The normalized spacial score (nSPS) is 16.9. The molecule has 3 aromatic heterocycles. The molecule has 0 unspecified atom stereocenters. The molecule has 1 aliphatic heterocycles. The topological polar surface area (TPSA) is 159 Å². The van der Waals surface area contributed by atoms with E-state index >= 15 is 0 Å². The Morgan fingerprint density at radius 2 is 2.00 bits per heavy atom. The van der Waals surface area contributed by atoms with Gasteiger partial charge in [0.25, 0.3) is 5.91 Å². The molecule has 0 spiro atoms. The third-order valence-electron chi connectivity index (χ3n) is 6.49. The first-order valence-corrected chi connectivity index (χ1v) is 12.0. The Morgan fingerprint density at radius 1 is 1.19 bits per heavy atom. The summed E-state index contributed by atoms with van der Waals surface area (Å²) in [6.07, 6.45) is 5.30. The third kappa shape index (κ3) is 4.42. The van der Waals surface area contributed by atoms with E-state index in [9.17, 15) is 14.7 Å². The Bertz CT molecular complexity index is 1730. The molecule has 186 valence electrons. The van der Waals surface area contributed by atoms with E-state index in [-0.39, 0.29) is 23.5 Å². The number of aromatic nitrogens is 5. The summed E-state index contributed by atoms with van der Waals surface area (Å²) in [5, 5.41) is 24.2. The number of anilines is 1. The van der Waals surface area contributed by atoms with Gasteiger partial charge < -0.3 is 19.9 Å². The zero-order valence-electron chi connectivity index (χ0n) is 19.8.